The summed E-state index contributed by atoms with van der Waals surface area (Å²) in [7, 11) is 0. The Labute approximate surface area is 285 Å². The predicted molar refractivity (Wildman–Crippen MR) is 185 cm³/mol. The third kappa shape index (κ3) is 5.93. The molecule has 9 nitrogen and oxygen atoms in total. The molecule has 1 saturated carbocycles. The number of aliphatic carboxylic acids is 1. The lowest BCUT2D eigenvalue weighted by Gasteiger charge is -2.31. The fourth-order valence-electron chi connectivity index (χ4n) is 8.04. The molecule has 3 fully saturated rings. The molecule has 248 valence electrons. The molecule has 1 aromatic carbocycles. The number of carboxylic acid groups (broad SMARTS) is 1. The molecule has 47 heavy (non-hydrogen) atoms. The Kier molecular flexibility index (Phi) is 9.26. The summed E-state index contributed by atoms with van der Waals surface area (Å²) >= 11 is 1.28. The lowest BCUT2D eigenvalue weighted by Crippen LogP contribution is -2.37. The van der Waals surface area contributed by atoms with E-state index in [0.29, 0.717) is 45.3 Å². The highest BCUT2D eigenvalue weighted by Gasteiger charge is 2.45. The minimum absolute atomic E-state index is 0. The van der Waals surface area contributed by atoms with Crippen molar-refractivity contribution in [3.8, 4) is 0 Å². The number of anilines is 2. The van der Waals surface area contributed by atoms with Gasteiger partial charge in [0.05, 0.1) is 31.9 Å². The number of amides is 1. The molecular weight excluding hydrogens is 638 g/mol. The molecule has 4 aliphatic heterocycles. The van der Waals surface area contributed by atoms with Crippen molar-refractivity contribution >= 4 is 52.5 Å². The van der Waals surface area contributed by atoms with Gasteiger partial charge in [0.15, 0.2) is 5.04 Å². The summed E-state index contributed by atoms with van der Waals surface area (Å²) in [4.78, 5) is 34.2. The van der Waals surface area contributed by atoms with Crippen LogP contribution in [0.5, 0.6) is 0 Å². The highest BCUT2D eigenvalue weighted by Crippen LogP contribution is 2.57. The van der Waals surface area contributed by atoms with Gasteiger partial charge in [0.2, 0.25) is 5.91 Å². The smallest absolute Gasteiger partial charge is 0.361 e. The second kappa shape index (κ2) is 13.6. The number of hydrogen-bond acceptors (Lipinski definition) is 8. The van der Waals surface area contributed by atoms with Crippen molar-refractivity contribution < 1.29 is 28.9 Å². The van der Waals surface area contributed by atoms with E-state index in [-0.39, 0.29) is 29.3 Å². The molecule has 0 radical (unpaired) electrons. The average Bonchev–Trinajstić information content (AvgIpc) is 3.76. The van der Waals surface area contributed by atoms with E-state index in [9.17, 15) is 14.7 Å². The van der Waals surface area contributed by atoms with Gasteiger partial charge in [0.25, 0.3) is 0 Å². The summed E-state index contributed by atoms with van der Waals surface area (Å²) < 4.78 is 18.6. The molecule has 0 spiro atoms. The Hall–Kier alpha value is -3.47. The maximum absolute atomic E-state index is 12.6. The Bertz CT molecular complexity index is 1660. The van der Waals surface area contributed by atoms with E-state index in [1.807, 2.05) is 11.2 Å². The molecule has 1 atom stereocenters. The third-order valence-electron chi connectivity index (χ3n) is 10.2. The zero-order chi connectivity index (χ0) is 31.2. The Morgan fingerprint density at radius 2 is 1.89 bits per heavy atom. The normalized spacial score (nSPS) is 24.3. The molecule has 11 heteroatoms. The van der Waals surface area contributed by atoms with Crippen LogP contribution in [0.1, 0.15) is 50.5 Å². The van der Waals surface area contributed by atoms with Crippen molar-refractivity contribution in [2.75, 3.05) is 55.8 Å². The van der Waals surface area contributed by atoms with Crippen LogP contribution in [0.15, 0.2) is 80.1 Å². The number of benzene rings is 1. The number of carbonyl (C=O) groups excluding carboxylic acids is 1. The predicted octanol–water partition coefficient (Wildman–Crippen LogP) is 6.32. The van der Waals surface area contributed by atoms with Crippen molar-refractivity contribution in [2.45, 2.75) is 51.6 Å². The first-order chi connectivity index (χ1) is 22.6. The van der Waals surface area contributed by atoms with Crippen LogP contribution in [-0.4, -0.2) is 68.0 Å². The monoisotopic (exact) mass is 677 g/mol. The van der Waals surface area contributed by atoms with Gasteiger partial charge in [-0.25, -0.2) is 4.79 Å². The lowest BCUT2D eigenvalue weighted by atomic mass is 9.80. The number of fused-ring (bicyclic) bond motifs is 4. The maximum atomic E-state index is 12.6. The number of hydrogen-bond donors (Lipinski definition) is 1. The van der Waals surface area contributed by atoms with E-state index >= 15 is 0 Å². The summed E-state index contributed by atoms with van der Waals surface area (Å²) in [6.07, 6.45) is 13.6. The number of carbonyl (C=O) groups is 2. The van der Waals surface area contributed by atoms with Crippen LogP contribution in [0.25, 0.3) is 0 Å². The van der Waals surface area contributed by atoms with Gasteiger partial charge in [-0.2, -0.15) is 0 Å². The number of rotatable bonds is 7. The van der Waals surface area contributed by atoms with Crippen molar-refractivity contribution in [3.63, 3.8) is 0 Å². The van der Waals surface area contributed by atoms with E-state index in [4.69, 9.17) is 14.2 Å². The second-order valence-corrected chi connectivity index (χ2v) is 13.9. The second-order valence-electron chi connectivity index (χ2n) is 12.9. The average molecular weight is 678 g/mol. The summed E-state index contributed by atoms with van der Waals surface area (Å²) in [6, 6.07) is 6.32. The van der Waals surface area contributed by atoms with Crippen molar-refractivity contribution in [2.24, 2.45) is 16.8 Å². The number of ether oxygens (including phenoxy) is 3. The van der Waals surface area contributed by atoms with E-state index in [1.54, 1.807) is 0 Å². The summed E-state index contributed by atoms with van der Waals surface area (Å²) in [6.45, 7) is 4.85. The molecule has 3 aliphatic carbocycles. The zero-order valence-electron chi connectivity index (χ0n) is 26.4. The molecule has 1 unspecified atom stereocenters. The first kappa shape index (κ1) is 32.1. The molecule has 8 rings (SSSR count). The number of thioether (sulfide) groups is 1. The van der Waals surface area contributed by atoms with Crippen LogP contribution >= 0.6 is 24.2 Å². The summed E-state index contributed by atoms with van der Waals surface area (Å²) in [5.41, 5.74) is 8.93. The first-order valence-electron chi connectivity index (χ1n) is 16.6. The van der Waals surface area contributed by atoms with Crippen molar-refractivity contribution in [1.29, 1.82) is 0 Å². The third-order valence-corrected chi connectivity index (χ3v) is 11.4. The molecule has 2 saturated heterocycles. The molecule has 4 heterocycles. The molecule has 1 N–H and O–H groups in total. The van der Waals surface area contributed by atoms with Crippen LogP contribution in [-0.2, 0) is 30.4 Å². The van der Waals surface area contributed by atoms with Crippen LogP contribution in [0.3, 0.4) is 0 Å². The summed E-state index contributed by atoms with van der Waals surface area (Å²) in [5.74, 6) is 0.381. The Balaban J connectivity index is 0.00000351. The Morgan fingerprint density at radius 1 is 1.06 bits per heavy atom. The van der Waals surface area contributed by atoms with Crippen LogP contribution in [0.4, 0.5) is 11.4 Å². The molecular formula is C36H40ClN3O6S. The number of morpholine rings is 1. The van der Waals surface area contributed by atoms with E-state index in [1.165, 1.54) is 42.2 Å². The van der Waals surface area contributed by atoms with Crippen LogP contribution < -0.4 is 9.80 Å². The van der Waals surface area contributed by atoms with Gasteiger partial charge < -0.3 is 29.1 Å². The number of halogens is 1. The van der Waals surface area contributed by atoms with Gasteiger partial charge in [0.1, 0.15) is 19.0 Å². The maximum Gasteiger partial charge on any atom is 0.361 e. The largest absolute Gasteiger partial charge is 0.496 e. The number of carboxylic acids is 1. The highest BCUT2D eigenvalue weighted by atomic mass is 35.5. The zero-order valence-corrected chi connectivity index (χ0v) is 28.0. The summed E-state index contributed by atoms with van der Waals surface area (Å²) in [5, 5.41) is 9.99. The van der Waals surface area contributed by atoms with Crippen molar-refractivity contribution in [1.82, 2.24) is 0 Å². The number of nitrogens with zero attached hydrogens (tertiary/aromatic N) is 3. The van der Waals surface area contributed by atoms with Gasteiger partial charge in [0, 0.05) is 59.0 Å². The van der Waals surface area contributed by atoms with Gasteiger partial charge in [-0.05, 0) is 66.2 Å². The van der Waals surface area contributed by atoms with E-state index in [0.717, 1.165) is 83.2 Å². The van der Waals surface area contributed by atoms with Crippen LogP contribution in [0.2, 0.25) is 0 Å². The topological polar surface area (TPSA) is 101 Å². The van der Waals surface area contributed by atoms with Crippen LogP contribution in [0, 0.1) is 11.8 Å². The van der Waals surface area contributed by atoms with E-state index in [2.05, 4.69) is 40.2 Å². The van der Waals surface area contributed by atoms with Gasteiger partial charge >= 0.3 is 5.97 Å². The first-order valence-corrected chi connectivity index (χ1v) is 17.4. The SMILES string of the molecule is Cl.O=C(O)C1=NCC2=C(S1)C1=C(C3CCCCC3)C3=CC=C(OCc4cc(N5CCCC5=O)ccc4N4CCOCC4)C3C1=COC2. The molecule has 1 amide bonds. The number of aliphatic imine (C=N–C) groups is 1. The van der Waals surface area contributed by atoms with Gasteiger partial charge in [-0.3, -0.25) is 9.79 Å². The lowest BCUT2D eigenvalue weighted by molar-refractivity contribution is -0.129. The minimum Gasteiger partial charge on any atom is -0.496 e. The molecule has 0 bridgehead atoms. The fraction of sp³-hybridized carbons (Fsp3) is 0.472. The molecule has 1 aromatic rings. The number of allylic oxidation sites excluding steroid dienone is 5. The minimum atomic E-state index is -0.984. The molecule has 7 aliphatic rings. The van der Waals surface area contributed by atoms with Crippen molar-refractivity contribution in [3.05, 3.63) is 80.7 Å². The Morgan fingerprint density at radius 3 is 2.66 bits per heavy atom. The standard InChI is InChI=1S/C36H39N3O6S.ClH/c40-30-7-4-12-39(30)25-8-10-28(38-13-15-43-16-14-38)23(17-25)20-45-29-11-9-26-31(22-5-2-1-3-6-22)33-27(32(26)29)21-44-19-24-18-37-35(36(41)42)46-34(24)33;/h8-11,17,21-22,32H,1-7,12-16,18-20H2,(H,41,42);1H. The highest BCUT2D eigenvalue weighted by molar-refractivity contribution is 8.19. The fourth-order valence-corrected chi connectivity index (χ4v) is 9.05. The van der Waals surface area contributed by atoms with Gasteiger partial charge in [-0.15, -0.1) is 12.4 Å². The van der Waals surface area contributed by atoms with E-state index < -0.39 is 5.97 Å². The van der Waals surface area contributed by atoms with Gasteiger partial charge in [-0.1, -0.05) is 37.1 Å². The quantitative estimate of drug-likeness (QED) is 0.358. The molecule has 0 aromatic heterocycles.